The fourth-order valence-corrected chi connectivity index (χ4v) is 3.79. The van der Waals surface area contributed by atoms with Gasteiger partial charge in [0.2, 0.25) is 0 Å². The Bertz CT molecular complexity index is 1080. The monoisotopic (exact) mass is 381 g/mol. The normalized spacial score (nSPS) is 11.0. The van der Waals surface area contributed by atoms with Crippen LogP contribution in [0.1, 0.15) is 37.3 Å². The summed E-state index contributed by atoms with van der Waals surface area (Å²) in [6.07, 6.45) is 4.71. The van der Waals surface area contributed by atoms with E-state index in [1.54, 1.807) is 0 Å². The standard InChI is InChI=1S/C26H27N3/c1-3-4-6-14-21-15-10-12-19-24(21)29-25(22-16-7-5-8-17-22)27-28-26(29)23-18-11-9-13-20(23)2/h5,7-13,15-19H,3-4,6,14H2,1-2H3. The van der Waals surface area contributed by atoms with Gasteiger partial charge in [0.25, 0.3) is 0 Å². The lowest BCUT2D eigenvalue weighted by Gasteiger charge is -2.16. The first-order chi connectivity index (χ1) is 14.3. The molecule has 0 amide bonds. The molecule has 0 spiro atoms. The Balaban J connectivity index is 1.92. The van der Waals surface area contributed by atoms with Gasteiger partial charge in [0.1, 0.15) is 0 Å². The number of rotatable bonds is 7. The molecule has 146 valence electrons. The van der Waals surface area contributed by atoms with E-state index in [1.165, 1.54) is 36.1 Å². The lowest BCUT2D eigenvalue weighted by atomic mass is 10.0. The maximum Gasteiger partial charge on any atom is 0.169 e. The van der Waals surface area contributed by atoms with Gasteiger partial charge in [0.15, 0.2) is 11.6 Å². The fourth-order valence-electron chi connectivity index (χ4n) is 3.79. The molecule has 0 N–H and O–H groups in total. The van der Waals surface area contributed by atoms with Crippen LogP contribution in [0.3, 0.4) is 0 Å². The smallest absolute Gasteiger partial charge is 0.169 e. The van der Waals surface area contributed by atoms with Gasteiger partial charge in [-0.1, -0.05) is 92.6 Å². The molecule has 0 radical (unpaired) electrons. The third kappa shape index (κ3) is 4.00. The van der Waals surface area contributed by atoms with Crippen molar-refractivity contribution in [3.63, 3.8) is 0 Å². The molecule has 3 nitrogen and oxygen atoms in total. The van der Waals surface area contributed by atoms with E-state index >= 15 is 0 Å². The van der Waals surface area contributed by atoms with Gasteiger partial charge < -0.3 is 0 Å². The van der Waals surface area contributed by atoms with Gasteiger partial charge in [-0.05, 0) is 37.0 Å². The van der Waals surface area contributed by atoms with Gasteiger partial charge in [-0.15, -0.1) is 10.2 Å². The van der Waals surface area contributed by atoms with E-state index in [4.69, 9.17) is 0 Å². The van der Waals surface area contributed by atoms with Crippen molar-refractivity contribution in [2.24, 2.45) is 0 Å². The zero-order valence-corrected chi connectivity index (χ0v) is 17.2. The number of hydrogen-bond donors (Lipinski definition) is 0. The molecule has 4 aromatic rings. The molecule has 0 fully saturated rings. The SMILES string of the molecule is CCCCCc1ccccc1-n1c(-c2ccccc2)nnc1-c1ccccc1C. The maximum absolute atomic E-state index is 4.65. The Morgan fingerprint density at radius 3 is 2.21 bits per heavy atom. The van der Waals surface area contributed by atoms with Gasteiger partial charge >= 0.3 is 0 Å². The van der Waals surface area contributed by atoms with Crippen molar-refractivity contribution in [3.05, 3.63) is 90.0 Å². The second kappa shape index (κ2) is 8.87. The Labute approximate surface area is 173 Å². The van der Waals surface area contributed by atoms with E-state index in [0.717, 1.165) is 29.2 Å². The topological polar surface area (TPSA) is 30.7 Å². The largest absolute Gasteiger partial charge is 0.275 e. The minimum atomic E-state index is 0.881. The van der Waals surface area contributed by atoms with E-state index in [9.17, 15) is 0 Å². The molecule has 3 aromatic carbocycles. The third-order valence-corrected chi connectivity index (χ3v) is 5.36. The molecule has 4 rings (SSSR count). The Hall–Kier alpha value is -3.20. The molecule has 1 heterocycles. The Morgan fingerprint density at radius 1 is 0.724 bits per heavy atom. The molecule has 1 aromatic heterocycles. The van der Waals surface area contributed by atoms with Crippen LogP contribution in [0.2, 0.25) is 0 Å². The number of aryl methyl sites for hydroxylation is 2. The number of unbranched alkanes of at least 4 members (excludes halogenated alkanes) is 2. The molecule has 0 aliphatic heterocycles. The molecule has 29 heavy (non-hydrogen) atoms. The second-order valence-corrected chi connectivity index (χ2v) is 7.45. The van der Waals surface area contributed by atoms with Gasteiger partial charge in [-0.2, -0.15) is 0 Å². The molecule has 0 atom stereocenters. The van der Waals surface area contributed by atoms with Crippen LogP contribution < -0.4 is 0 Å². The summed E-state index contributed by atoms with van der Waals surface area (Å²) >= 11 is 0. The summed E-state index contributed by atoms with van der Waals surface area (Å²) in [5.41, 5.74) is 5.90. The highest BCUT2D eigenvalue weighted by Crippen LogP contribution is 2.31. The zero-order chi connectivity index (χ0) is 20.1. The van der Waals surface area contributed by atoms with Gasteiger partial charge in [-0.3, -0.25) is 4.57 Å². The minimum absolute atomic E-state index is 0.881. The first-order valence-electron chi connectivity index (χ1n) is 10.4. The maximum atomic E-state index is 4.65. The van der Waals surface area contributed by atoms with Crippen LogP contribution >= 0.6 is 0 Å². The molecule has 0 saturated heterocycles. The van der Waals surface area contributed by atoms with Crippen molar-refractivity contribution in [2.45, 2.75) is 39.5 Å². The summed E-state index contributed by atoms with van der Waals surface area (Å²) < 4.78 is 2.24. The van der Waals surface area contributed by atoms with E-state index in [-0.39, 0.29) is 0 Å². The summed E-state index contributed by atoms with van der Waals surface area (Å²) in [6, 6.07) is 27.4. The molecular weight excluding hydrogens is 354 g/mol. The molecule has 0 aliphatic rings. The molecule has 0 bridgehead atoms. The summed E-state index contributed by atoms with van der Waals surface area (Å²) in [5, 5.41) is 9.28. The highest BCUT2D eigenvalue weighted by atomic mass is 15.3. The Morgan fingerprint density at radius 2 is 1.41 bits per heavy atom. The average molecular weight is 382 g/mol. The van der Waals surface area contributed by atoms with Crippen LogP contribution in [0.15, 0.2) is 78.9 Å². The average Bonchev–Trinajstić information content (AvgIpc) is 3.20. The first-order valence-corrected chi connectivity index (χ1v) is 10.4. The number of hydrogen-bond acceptors (Lipinski definition) is 2. The molecule has 0 saturated carbocycles. The van der Waals surface area contributed by atoms with Crippen molar-refractivity contribution in [1.82, 2.24) is 14.8 Å². The number of aromatic nitrogens is 3. The zero-order valence-electron chi connectivity index (χ0n) is 17.2. The van der Waals surface area contributed by atoms with Crippen LogP contribution in [-0.2, 0) is 6.42 Å². The summed E-state index contributed by atoms with van der Waals surface area (Å²) in [5.74, 6) is 1.77. The fraction of sp³-hybridized carbons (Fsp3) is 0.231. The molecule has 0 aliphatic carbocycles. The lowest BCUT2D eigenvalue weighted by Crippen LogP contribution is -2.05. The van der Waals surface area contributed by atoms with E-state index in [2.05, 4.69) is 101 Å². The lowest BCUT2D eigenvalue weighted by molar-refractivity contribution is 0.715. The van der Waals surface area contributed by atoms with Crippen molar-refractivity contribution in [2.75, 3.05) is 0 Å². The summed E-state index contributed by atoms with van der Waals surface area (Å²) in [7, 11) is 0. The number of para-hydroxylation sites is 1. The number of nitrogens with zero attached hydrogens (tertiary/aromatic N) is 3. The summed E-state index contributed by atoms with van der Waals surface area (Å²) in [4.78, 5) is 0. The summed E-state index contributed by atoms with van der Waals surface area (Å²) in [6.45, 7) is 4.37. The van der Waals surface area contributed by atoms with E-state index in [0.29, 0.717) is 0 Å². The van der Waals surface area contributed by atoms with Crippen LogP contribution in [-0.4, -0.2) is 14.8 Å². The molecular formula is C26H27N3. The van der Waals surface area contributed by atoms with Crippen LogP contribution in [0, 0.1) is 6.92 Å². The van der Waals surface area contributed by atoms with Crippen molar-refractivity contribution >= 4 is 0 Å². The quantitative estimate of drug-likeness (QED) is 0.336. The third-order valence-electron chi connectivity index (χ3n) is 5.36. The van der Waals surface area contributed by atoms with E-state index in [1.807, 2.05) is 6.07 Å². The second-order valence-electron chi connectivity index (χ2n) is 7.45. The van der Waals surface area contributed by atoms with Gasteiger partial charge in [0, 0.05) is 11.1 Å². The van der Waals surface area contributed by atoms with Gasteiger partial charge in [0.05, 0.1) is 5.69 Å². The minimum Gasteiger partial charge on any atom is -0.275 e. The molecule has 0 unspecified atom stereocenters. The van der Waals surface area contributed by atoms with Crippen LogP contribution in [0.25, 0.3) is 28.5 Å². The first kappa shape index (κ1) is 19.1. The predicted octanol–water partition coefficient (Wildman–Crippen LogP) is 6.64. The Kier molecular flexibility index (Phi) is 5.85. The van der Waals surface area contributed by atoms with Gasteiger partial charge in [-0.25, -0.2) is 0 Å². The van der Waals surface area contributed by atoms with E-state index < -0.39 is 0 Å². The highest BCUT2D eigenvalue weighted by Gasteiger charge is 2.19. The van der Waals surface area contributed by atoms with Crippen molar-refractivity contribution in [3.8, 4) is 28.5 Å². The predicted molar refractivity (Wildman–Crippen MR) is 120 cm³/mol. The highest BCUT2D eigenvalue weighted by molar-refractivity contribution is 5.69. The molecule has 3 heteroatoms. The van der Waals surface area contributed by atoms with Crippen LogP contribution in [0.4, 0.5) is 0 Å². The van der Waals surface area contributed by atoms with Crippen LogP contribution in [0.5, 0.6) is 0 Å². The number of benzene rings is 3. The van der Waals surface area contributed by atoms with Crippen molar-refractivity contribution < 1.29 is 0 Å². The van der Waals surface area contributed by atoms with Crippen molar-refractivity contribution in [1.29, 1.82) is 0 Å².